The standard InChI is InChI=1S/C15H14BrNO2/c1-10-4-3-5-13(17-10)14(18)9-11-8-12(16)6-7-15(11)19-2/h3-8H,9H2,1-2H3. The summed E-state index contributed by atoms with van der Waals surface area (Å²) in [5.74, 6) is 0.698. The van der Waals surface area contributed by atoms with Gasteiger partial charge in [-0.05, 0) is 37.3 Å². The van der Waals surface area contributed by atoms with Crippen molar-refractivity contribution in [3.05, 3.63) is 57.8 Å². The quantitative estimate of drug-likeness (QED) is 0.808. The molecule has 19 heavy (non-hydrogen) atoms. The summed E-state index contributed by atoms with van der Waals surface area (Å²) in [6.45, 7) is 1.87. The molecule has 2 aromatic rings. The average molecular weight is 320 g/mol. The lowest BCUT2D eigenvalue weighted by atomic mass is 10.1. The zero-order valence-electron chi connectivity index (χ0n) is 10.8. The Morgan fingerprint density at radius 1 is 1.32 bits per heavy atom. The van der Waals surface area contributed by atoms with Crippen LogP contribution < -0.4 is 4.74 Å². The van der Waals surface area contributed by atoms with Gasteiger partial charge in [0, 0.05) is 22.2 Å². The molecule has 0 saturated heterocycles. The number of carbonyl (C=O) groups is 1. The lowest BCUT2D eigenvalue weighted by Gasteiger charge is -2.08. The van der Waals surface area contributed by atoms with Crippen LogP contribution in [0.3, 0.4) is 0 Å². The monoisotopic (exact) mass is 319 g/mol. The molecule has 0 N–H and O–H groups in total. The Morgan fingerprint density at radius 3 is 2.79 bits per heavy atom. The zero-order chi connectivity index (χ0) is 13.8. The van der Waals surface area contributed by atoms with E-state index in [1.165, 1.54) is 0 Å². The molecule has 1 heterocycles. The number of Topliss-reactive ketones (excluding diaryl/α,β-unsaturated/α-hetero) is 1. The minimum absolute atomic E-state index is 0.0138. The van der Waals surface area contributed by atoms with Gasteiger partial charge in [0.2, 0.25) is 0 Å². The zero-order valence-corrected chi connectivity index (χ0v) is 12.4. The molecule has 0 bridgehead atoms. The van der Waals surface area contributed by atoms with Gasteiger partial charge < -0.3 is 4.74 Å². The summed E-state index contributed by atoms with van der Waals surface area (Å²) < 4.78 is 6.19. The molecule has 0 fully saturated rings. The number of hydrogen-bond acceptors (Lipinski definition) is 3. The summed E-state index contributed by atoms with van der Waals surface area (Å²) in [5.41, 5.74) is 2.18. The molecule has 1 aromatic heterocycles. The number of carbonyl (C=O) groups excluding carboxylic acids is 1. The number of methoxy groups -OCH3 is 1. The number of pyridine rings is 1. The van der Waals surface area contributed by atoms with Gasteiger partial charge in [0.05, 0.1) is 7.11 Å². The molecular formula is C15H14BrNO2. The van der Waals surface area contributed by atoms with Crippen molar-refractivity contribution < 1.29 is 9.53 Å². The lowest BCUT2D eigenvalue weighted by molar-refractivity contribution is 0.0987. The fourth-order valence-electron chi connectivity index (χ4n) is 1.85. The molecular weight excluding hydrogens is 306 g/mol. The number of aryl methyl sites for hydroxylation is 1. The van der Waals surface area contributed by atoms with Crippen LogP contribution >= 0.6 is 15.9 Å². The third-order valence-electron chi connectivity index (χ3n) is 2.77. The molecule has 0 aliphatic heterocycles. The van der Waals surface area contributed by atoms with E-state index in [9.17, 15) is 4.79 Å². The molecule has 4 heteroatoms. The van der Waals surface area contributed by atoms with E-state index in [0.29, 0.717) is 11.4 Å². The van der Waals surface area contributed by atoms with Crippen LogP contribution in [-0.4, -0.2) is 17.9 Å². The Bertz CT molecular complexity index is 611. The summed E-state index contributed by atoms with van der Waals surface area (Å²) in [6, 6.07) is 11.1. The third kappa shape index (κ3) is 3.41. The molecule has 0 amide bonds. The van der Waals surface area contributed by atoms with Gasteiger partial charge in [-0.25, -0.2) is 0 Å². The van der Waals surface area contributed by atoms with Crippen LogP contribution in [0.2, 0.25) is 0 Å². The maximum Gasteiger partial charge on any atom is 0.185 e. The number of rotatable bonds is 4. The van der Waals surface area contributed by atoms with E-state index in [-0.39, 0.29) is 12.2 Å². The largest absolute Gasteiger partial charge is 0.496 e. The van der Waals surface area contributed by atoms with Crippen LogP contribution in [0.15, 0.2) is 40.9 Å². The normalized spacial score (nSPS) is 10.3. The van der Waals surface area contributed by atoms with E-state index in [2.05, 4.69) is 20.9 Å². The SMILES string of the molecule is COc1ccc(Br)cc1CC(=O)c1cccc(C)n1. The lowest BCUT2D eigenvalue weighted by Crippen LogP contribution is -2.07. The van der Waals surface area contributed by atoms with Gasteiger partial charge in [-0.2, -0.15) is 0 Å². The van der Waals surface area contributed by atoms with Gasteiger partial charge in [-0.1, -0.05) is 22.0 Å². The molecule has 0 aliphatic rings. The van der Waals surface area contributed by atoms with E-state index in [1.54, 1.807) is 13.2 Å². The highest BCUT2D eigenvalue weighted by Crippen LogP contribution is 2.24. The number of benzene rings is 1. The summed E-state index contributed by atoms with van der Waals surface area (Å²) >= 11 is 3.40. The first-order chi connectivity index (χ1) is 9.10. The molecule has 1 aromatic carbocycles. The molecule has 0 saturated carbocycles. The fourth-order valence-corrected chi connectivity index (χ4v) is 2.26. The predicted octanol–water partition coefficient (Wildman–Crippen LogP) is 3.59. The summed E-state index contributed by atoms with van der Waals surface area (Å²) in [4.78, 5) is 16.5. The van der Waals surface area contributed by atoms with Crippen molar-refractivity contribution in [2.45, 2.75) is 13.3 Å². The number of aromatic nitrogens is 1. The minimum Gasteiger partial charge on any atom is -0.496 e. The number of nitrogens with zero attached hydrogens (tertiary/aromatic N) is 1. The van der Waals surface area contributed by atoms with Crippen LogP contribution in [0.5, 0.6) is 5.75 Å². The fraction of sp³-hybridized carbons (Fsp3) is 0.200. The number of ketones is 1. The molecule has 0 atom stereocenters. The maximum absolute atomic E-state index is 12.2. The van der Waals surface area contributed by atoms with Gasteiger partial charge in [-0.3, -0.25) is 9.78 Å². The highest BCUT2D eigenvalue weighted by Gasteiger charge is 2.12. The highest BCUT2D eigenvalue weighted by molar-refractivity contribution is 9.10. The molecule has 3 nitrogen and oxygen atoms in total. The second-order valence-corrected chi connectivity index (χ2v) is 5.14. The average Bonchev–Trinajstić information content (AvgIpc) is 2.39. The van der Waals surface area contributed by atoms with Crippen LogP contribution in [0.1, 0.15) is 21.7 Å². The summed E-state index contributed by atoms with van der Waals surface area (Å²) in [7, 11) is 1.60. The molecule has 0 aliphatic carbocycles. The summed E-state index contributed by atoms with van der Waals surface area (Å²) in [5, 5.41) is 0. The highest BCUT2D eigenvalue weighted by atomic mass is 79.9. The first-order valence-corrected chi connectivity index (χ1v) is 6.68. The second-order valence-electron chi connectivity index (χ2n) is 4.22. The van der Waals surface area contributed by atoms with Crippen molar-refractivity contribution in [1.29, 1.82) is 0 Å². The van der Waals surface area contributed by atoms with Gasteiger partial charge in [-0.15, -0.1) is 0 Å². The number of halogens is 1. The third-order valence-corrected chi connectivity index (χ3v) is 3.26. The molecule has 98 valence electrons. The minimum atomic E-state index is -0.0138. The Labute approximate surface area is 120 Å². The van der Waals surface area contributed by atoms with Crippen molar-refractivity contribution >= 4 is 21.7 Å². The van der Waals surface area contributed by atoms with Crippen LogP contribution in [0, 0.1) is 6.92 Å². The Morgan fingerprint density at radius 2 is 2.11 bits per heavy atom. The van der Waals surface area contributed by atoms with Crippen molar-refractivity contribution in [2.24, 2.45) is 0 Å². The van der Waals surface area contributed by atoms with Gasteiger partial charge in [0.15, 0.2) is 5.78 Å². The van der Waals surface area contributed by atoms with Gasteiger partial charge in [0.1, 0.15) is 11.4 Å². The number of hydrogen-bond donors (Lipinski definition) is 0. The second kappa shape index (κ2) is 5.97. The number of ether oxygens (including phenoxy) is 1. The van der Waals surface area contributed by atoms with E-state index >= 15 is 0 Å². The smallest absolute Gasteiger partial charge is 0.185 e. The van der Waals surface area contributed by atoms with E-state index in [0.717, 1.165) is 15.7 Å². The van der Waals surface area contributed by atoms with Crippen molar-refractivity contribution in [3.63, 3.8) is 0 Å². The van der Waals surface area contributed by atoms with Crippen LogP contribution in [0.25, 0.3) is 0 Å². The Hall–Kier alpha value is -1.68. The van der Waals surface area contributed by atoms with Crippen molar-refractivity contribution in [1.82, 2.24) is 4.98 Å². The van der Waals surface area contributed by atoms with Gasteiger partial charge >= 0.3 is 0 Å². The molecule has 0 radical (unpaired) electrons. The Kier molecular flexibility index (Phi) is 4.32. The molecule has 0 unspecified atom stereocenters. The van der Waals surface area contributed by atoms with Crippen molar-refractivity contribution in [3.8, 4) is 5.75 Å². The topological polar surface area (TPSA) is 39.2 Å². The van der Waals surface area contributed by atoms with Crippen LogP contribution in [-0.2, 0) is 6.42 Å². The first kappa shape index (κ1) is 13.7. The Balaban J connectivity index is 2.26. The molecule has 2 rings (SSSR count). The maximum atomic E-state index is 12.2. The van der Waals surface area contributed by atoms with E-state index < -0.39 is 0 Å². The van der Waals surface area contributed by atoms with Crippen molar-refractivity contribution in [2.75, 3.05) is 7.11 Å². The first-order valence-electron chi connectivity index (χ1n) is 5.89. The summed E-state index contributed by atoms with van der Waals surface area (Å²) in [6.07, 6.45) is 0.277. The van der Waals surface area contributed by atoms with Gasteiger partial charge in [0.25, 0.3) is 0 Å². The molecule has 0 spiro atoms. The van der Waals surface area contributed by atoms with E-state index in [1.807, 2.05) is 37.3 Å². The predicted molar refractivity (Wildman–Crippen MR) is 77.7 cm³/mol. The van der Waals surface area contributed by atoms with Crippen LogP contribution in [0.4, 0.5) is 0 Å². The van der Waals surface area contributed by atoms with E-state index in [4.69, 9.17) is 4.74 Å².